The Kier molecular flexibility index (Phi) is 5.87. The molecule has 0 aliphatic heterocycles. The van der Waals surface area contributed by atoms with Crippen LogP contribution in [-0.2, 0) is 20.7 Å². The zero-order valence-corrected chi connectivity index (χ0v) is 14.2. The first kappa shape index (κ1) is 17.3. The van der Waals surface area contributed by atoms with Crippen molar-refractivity contribution in [1.82, 2.24) is 0 Å². The second-order valence-electron chi connectivity index (χ2n) is 6.09. The third-order valence-corrected chi connectivity index (χ3v) is 4.97. The van der Waals surface area contributed by atoms with Crippen LogP contribution in [0, 0.1) is 5.41 Å². The molecule has 2 rings (SSSR count). The van der Waals surface area contributed by atoms with Gasteiger partial charge in [-0.05, 0) is 36.0 Å². The molecule has 0 bridgehead atoms. The van der Waals surface area contributed by atoms with Gasteiger partial charge in [-0.2, -0.15) is 0 Å². The number of ether oxygens (including phenoxy) is 1. The van der Waals surface area contributed by atoms with Gasteiger partial charge in [0.25, 0.3) is 0 Å². The number of hydrogen-bond acceptors (Lipinski definition) is 3. The van der Waals surface area contributed by atoms with Crippen LogP contribution in [0.1, 0.15) is 44.1 Å². The summed E-state index contributed by atoms with van der Waals surface area (Å²) in [6.07, 6.45) is 4.94. The Balaban J connectivity index is 2.03. The fourth-order valence-electron chi connectivity index (χ4n) is 3.28. The molecule has 120 valence electrons. The van der Waals surface area contributed by atoms with Crippen LogP contribution in [0.5, 0.6) is 0 Å². The number of carbonyl (C=O) groups is 2. The Labute approximate surface area is 140 Å². The van der Waals surface area contributed by atoms with Crippen molar-refractivity contribution in [2.45, 2.75) is 44.9 Å². The summed E-state index contributed by atoms with van der Waals surface area (Å²) < 4.78 is 4.78. The van der Waals surface area contributed by atoms with E-state index in [1.807, 2.05) is 0 Å². The Morgan fingerprint density at radius 1 is 1.18 bits per heavy atom. The van der Waals surface area contributed by atoms with Gasteiger partial charge in [0.2, 0.25) is 0 Å². The van der Waals surface area contributed by atoms with Gasteiger partial charge in [-0.1, -0.05) is 42.1 Å². The summed E-state index contributed by atoms with van der Waals surface area (Å²) in [5, 5.41) is 1.06. The van der Waals surface area contributed by atoms with Gasteiger partial charge in [0.1, 0.15) is 5.78 Å². The lowest BCUT2D eigenvalue weighted by Gasteiger charge is -2.27. The first-order chi connectivity index (χ1) is 10.4. The number of carbonyl (C=O) groups excluding carboxylic acids is 2. The molecule has 1 fully saturated rings. The Bertz CT molecular complexity index is 563. The third kappa shape index (κ3) is 4.47. The number of halogens is 2. The summed E-state index contributed by atoms with van der Waals surface area (Å²) in [5.41, 5.74) is 0.547. The molecule has 1 aliphatic rings. The monoisotopic (exact) mass is 342 g/mol. The van der Waals surface area contributed by atoms with Gasteiger partial charge in [-0.3, -0.25) is 9.59 Å². The fraction of sp³-hybridized carbons (Fsp3) is 0.529. The van der Waals surface area contributed by atoms with Crippen LogP contribution in [0.4, 0.5) is 0 Å². The molecule has 1 aromatic rings. The van der Waals surface area contributed by atoms with Crippen LogP contribution in [0.2, 0.25) is 10.0 Å². The number of hydrogen-bond donors (Lipinski definition) is 0. The van der Waals surface area contributed by atoms with Gasteiger partial charge in [0.15, 0.2) is 0 Å². The van der Waals surface area contributed by atoms with Gasteiger partial charge in [0, 0.05) is 22.9 Å². The number of ketones is 1. The molecule has 0 aromatic heterocycles. The predicted molar refractivity (Wildman–Crippen MR) is 87.3 cm³/mol. The minimum atomic E-state index is -0.237. The molecular formula is C17H20Cl2O3. The van der Waals surface area contributed by atoms with E-state index in [2.05, 4.69) is 0 Å². The maximum Gasteiger partial charge on any atom is 0.306 e. The lowest BCUT2D eigenvalue weighted by Crippen LogP contribution is -2.26. The van der Waals surface area contributed by atoms with Crippen LogP contribution in [-0.4, -0.2) is 18.9 Å². The summed E-state index contributed by atoms with van der Waals surface area (Å²) >= 11 is 12.0. The van der Waals surface area contributed by atoms with Gasteiger partial charge in [-0.15, -0.1) is 0 Å². The van der Waals surface area contributed by atoms with E-state index in [9.17, 15) is 9.59 Å². The molecule has 1 saturated carbocycles. The molecule has 3 nitrogen and oxygen atoms in total. The summed E-state index contributed by atoms with van der Waals surface area (Å²) in [6.45, 7) is 0. The van der Waals surface area contributed by atoms with Crippen molar-refractivity contribution in [3.8, 4) is 0 Å². The molecule has 0 unspecified atom stereocenters. The average Bonchev–Trinajstić information content (AvgIpc) is 2.89. The molecule has 0 radical (unpaired) electrons. The molecule has 1 aromatic carbocycles. The van der Waals surface area contributed by atoms with E-state index in [0.29, 0.717) is 22.9 Å². The summed E-state index contributed by atoms with van der Waals surface area (Å²) in [5.74, 6) is -0.130. The van der Waals surface area contributed by atoms with Crippen LogP contribution >= 0.6 is 23.2 Å². The predicted octanol–water partition coefficient (Wildman–Crippen LogP) is 4.62. The van der Waals surface area contributed by atoms with Crippen molar-refractivity contribution in [3.63, 3.8) is 0 Å². The van der Waals surface area contributed by atoms with Crippen LogP contribution in [0.25, 0.3) is 0 Å². The second kappa shape index (κ2) is 7.47. The average molecular weight is 343 g/mol. The Hall–Kier alpha value is -1.06. The molecule has 5 heteroatoms. The highest BCUT2D eigenvalue weighted by Crippen LogP contribution is 2.44. The van der Waals surface area contributed by atoms with Crippen LogP contribution in [0.15, 0.2) is 18.2 Å². The van der Waals surface area contributed by atoms with Gasteiger partial charge in [-0.25, -0.2) is 0 Å². The van der Waals surface area contributed by atoms with Crippen molar-refractivity contribution in [1.29, 1.82) is 0 Å². The summed E-state index contributed by atoms with van der Waals surface area (Å²) in [7, 11) is 1.39. The van der Waals surface area contributed by atoms with E-state index < -0.39 is 0 Å². The number of Topliss-reactive ketones (excluding diaryl/α,β-unsaturated/α-hetero) is 1. The number of rotatable bonds is 6. The standard InChI is InChI=1S/C17H20Cl2O3/c1-22-16(21)11-17(6-2-3-7-17)10-14(20)8-12-4-5-13(18)9-15(12)19/h4-5,9H,2-3,6-8,10-11H2,1H3. The largest absolute Gasteiger partial charge is 0.469 e. The SMILES string of the molecule is COC(=O)CC1(CC(=O)Cc2ccc(Cl)cc2Cl)CCCC1. The maximum absolute atomic E-state index is 12.4. The number of methoxy groups -OCH3 is 1. The quantitative estimate of drug-likeness (QED) is 0.708. The van der Waals surface area contributed by atoms with E-state index in [0.717, 1.165) is 31.2 Å². The molecule has 22 heavy (non-hydrogen) atoms. The van der Waals surface area contributed by atoms with E-state index >= 15 is 0 Å². The van der Waals surface area contributed by atoms with Crippen molar-refractivity contribution >= 4 is 35.0 Å². The van der Waals surface area contributed by atoms with Crippen LogP contribution < -0.4 is 0 Å². The summed E-state index contributed by atoms with van der Waals surface area (Å²) in [4.78, 5) is 24.1. The smallest absolute Gasteiger partial charge is 0.306 e. The van der Waals surface area contributed by atoms with Crippen molar-refractivity contribution in [3.05, 3.63) is 33.8 Å². The molecule has 0 spiro atoms. The van der Waals surface area contributed by atoms with E-state index in [-0.39, 0.29) is 23.6 Å². The third-order valence-electron chi connectivity index (χ3n) is 4.39. The molecule has 0 saturated heterocycles. The lowest BCUT2D eigenvalue weighted by molar-refractivity contribution is -0.143. The molecule has 0 amide bonds. The van der Waals surface area contributed by atoms with Gasteiger partial charge in [0.05, 0.1) is 13.5 Å². The second-order valence-corrected chi connectivity index (χ2v) is 6.93. The molecule has 0 heterocycles. The van der Waals surface area contributed by atoms with E-state index in [4.69, 9.17) is 27.9 Å². The van der Waals surface area contributed by atoms with Crippen LogP contribution in [0.3, 0.4) is 0 Å². The zero-order valence-electron chi connectivity index (χ0n) is 12.7. The first-order valence-electron chi connectivity index (χ1n) is 7.47. The van der Waals surface area contributed by atoms with E-state index in [1.165, 1.54) is 7.11 Å². The molecular weight excluding hydrogens is 323 g/mol. The first-order valence-corrected chi connectivity index (χ1v) is 8.22. The topological polar surface area (TPSA) is 43.4 Å². The maximum atomic E-state index is 12.4. The molecule has 0 N–H and O–H groups in total. The van der Waals surface area contributed by atoms with Crippen molar-refractivity contribution in [2.24, 2.45) is 5.41 Å². The minimum absolute atomic E-state index is 0.107. The zero-order chi connectivity index (χ0) is 16.2. The van der Waals surface area contributed by atoms with Crippen molar-refractivity contribution in [2.75, 3.05) is 7.11 Å². The minimum Gasteiger partial charge on any atom is -0.469 e. The highest BCUT2D eigenvalue weighted by Gasteiger charge is 2.38. The van der Waals surface area contributed by atoms with E-state index in [1.54, 1.807) is 18.2 Å². The van der Waals surface area contributed by atoms with Gasteiger partial charge >= 0.3 is 5.97 Å². The fourth-order valence-corrected chi connectivity index (χ4v) is 3.75. The highest BCUT2D eigenvalue weighted by atomic mass is 35.5. The highest BCUT2D eigenvalue weighted by molar-refractivity contribution is 6.35. The normalized spacial score (nSPS) is 16.5. The Morgan fingerprint density at radius 2 is 1.86 bits per heavy atom. The Morgan fingerprint density at radius 3 is 2.45 bits per heavy atom. The number of benzene rings is 1. The summed E-state index contributed by atoms with van der Waals surface area (Å²) in [6, 6.07) is 5.16. The number of esters is 1. The lowest BCUT2D eigenvalue weighted by atomic mass is 9.77. The molecule has 0 atom stereocenters. The van der Waals surface area contributed by atoms with Crippen molar-refractivity contribution < 1.29 is 14.3 Å². The van der Waals surface area contributed by atoms with Gasteiger partial charge < -0.3 is 4.74 Å². The molecule has 1 aliphatic carbocycles.